The first-order valence-corrected chi connectivity index (χ1v) is 7.23. The van der Waals surface area contributed by atoms with Gasteiger partial charge in [0.05, 0.1) is 0 Å². The average Bonchev–Trinajstić information content (AvgIpc) is 2.38. The molecule has 2 rings (SSSR count). The van der Waals surface area contributed by atoms with Gasteiger partial charge >= 0.3 is 0 Å². The Kier molecular flexibility index (Phi) is 5.07. The molecular formula is C14H11Br2F2N. The van der Waals surface area contributed by atoms with Gasteiger partial charge in [0, 0.05) is 22.0 Å². The summed E-state index contributed by atoms with van der Waals surface area (Å²) in [6.45, 7) is 1.15. The zero-order valence-electron chi connectivity index (χ0n) is 9.89. The molecule has 0 amide bonds. The van der Waals surface area contributed by atoms with Gasteiger partial charge in [-0.05, 0) is 67.3 Å². The molecular weight excluding hydrogens is 380 g/mol. The molecule has 2 aromatic carbocycles. The third kappa shape index (κ3) is 4.09. The van der Waals surface area contributed by atoms with Crippen molar-refractivity contribution < 1.29 is 8.78 Å². The smallest absolute Gasteiger partial charge is 0.159 e. The van der Waals surface area contributed by atoms with Crippen LogP contribution in [0.4, 0.5) is 8.78 Å². The molecule has 0 saturated heterocycles. The highest BCUT2D eigenvalue weighted by molar-refractivity contribution is 9.13. The Balaban J connectivity index is 1.92. The molecule has 5 heteroatoms. The number of halogens is 4. The lowest BCUT2D eigenvalue weighted by molar-refractivity contribution is 0.506. The highest BCUT2D eigenvalue weighted by Crippen LogP contribution is 2.23. The summed E-state index contributed by atoms with van der Waals surface area (Å²) in [5.74, 6) is -1.63. The van der Waals surface area contributed by atoms with E-state index in [2.05, 4.69) is 37.2 Å². The van der Waals surface area contributed by atoms with E-state index >= 15 is 0 Å². The Morgan fingerprint density at radius 1 is 0.789 bits per heavy atom. The SMILES string of the molecule is Fc1ccc(CNCc2ccc(Br)c(Br)c2)cc1F. The maximum Gasteiger partial charge on any atom is 0.159 e. The third-order valence-corrected chi connectivity index (χ3v) is 4.51. The zero-order chi connectivity index (χ0) is 13.8. The first-order valence-electron chi connectivity index (χ1n) is 5.65. The molecule has 0 fully saturated rings. The summed E-state index contributed by atoms with van der Waals surface area (Å²) in [5, 5.41) is 3.19. The lowest BCUT2D eigenvalue weighted by Gasteiger charge is -2.07. The van der Waals surface area contributed by atoms with Crippen LogP contribution in [0.2, 0.25) is 0 Å². The van der Waals surface area contributed by atoms with Crippen LogP contribution in [0.15, 0.2) is 45.3 Å². The van der Waals surface area contributed by atoms with E-state index in [1.807, 2.05) is 18.2 Å². The summed E-state index contributed by atoms with van der Waals surface area (Å²) in [5.41, 5.74) is 1.83. The molecule has 0 aliphatic carbocycles. The number of hydrogen-bond acceptors (Lipinski definition) is 1. The van der Waals surface area contributed by atoms with E-state index in [9.17, 15) is 8.78 Å². The van der Waals surface area contributed by atoms with E-state index in [0.717, 1.165) is 26.1 Å². The molecule has 0 aromatic heterocycles. The van der Waals surface area contributed by atoms with Crippen LogP contribution in [0, 0.1) is 11.6 Å². The van der Waals surface area contributed by atoms with E-state index in [1.54, 1.807) is 6.07 Å². The molecule has 0 aliphatic heterocycles. The van der Waals surface area contributed by atoms with Crippen molar-refractivity contribution in [3.63, 3.8) is 0 Å². The van der Waals surface area contributed by atoms with Crippen LogP contribution in [0.3, 0.4) is 0 Å². The van der Waals surface area contributed by atoms with Gasteiger partial charge in [0.25, 0.3) is 0 Å². The summed E-state index contributed by atoms with van der Waals surface area (Å²) >= 11 is 6.84. The van der Waals surface area contributed by atoms with Crippen molar-refractivity contribution in [3.8, 4) is 0 Å². The maximum atomic E-state index is 13.0. The van der Waals surface area contributed by atoms with Crippen molar-refractivity contribution in [2.24, 2.45) is 0 Å². The molecule has 1 N–H and O–H groups in total. The van der Waals surface area contributed by atoms with Crippen molar-refractivity contribution >= 4 is 31.9 Å². The minimum absolute atomic E-state index is 0.491. The monoisotopic (exact) mass is 389 g/mol. The first kappa shape index (κ1) is 14.6. The van der Waals surface area contributed by atoms with E-state index in [-0.39, 0.29) is 0 Å². The molecule has 0 spiro atoms. The second kappa shape index (κ2) is 6.59. The third-order valence-electron chi connectivity index (χ3n) is 2.63. The summed E-state index contributed by atoms with van der Waals surface area (Å²) < 4.78 is 27.8. The van der Waals surface area contributed by atoms with Crippen molar-refractivity contribution in [1.82, 2.24) is 5.32 Å². The Labute approximate surface area is 127 Å². The minimum Gasteiger partial charge on any atom is -0.309 e. The number of nitrogens with one attached hydrogen (secondary N) is 1. The van der Waals surface area contributed by atoms with Gasteiger partial charge in [0.2, 0.25) is 0 Å². The molecule has 100 valence electrons. The van der Waals surface area contributed by atoms with Gasteiger partial charge in [0.1, 0.15) is 0 Å². The Morgan fingerprint density at radius 2 is 1.42 bits per heavy atom. The highest BCUT2D eigenvalue weighted by atomic mass is 79.9. The lowest BCUT2D eigenvalue weighted by atomic mass is 10.2. The van der Waals surface area contributed by atoms with E-state index in [4.69, 9.17) is 0 Å². The van der Waals surface area contributed by atoms with Crippen LogP contribution in [-0.2, 0) is 13.1 Å². The van der Waals surface area contributed by atoms with Crippen LogP contribution >= 0.6 is 31.9 Å². The molecule has 2 aromatic rings. The normalized spacial score (nSPS) is 10.7. The summed E-state index contributed by atoms with van der Waals surface area (Å²) in [6.07, 6.45) is 0. The van der Waals surface area contributed by atoms with Gasteiger partial charge in [-0.25, -0.2) is 8.78 Å². The van der Waals surface area contributed by atoms with Crippen molar-refractivity contribution in [3.05, 3.63) is 68.1 Å². The predicted octanol–water partition coefficient (Wildman–Crippen LogP) is 4.78. The van der Waals surface area contributed by atoms with E-state index < -0.39 is 11.6 Å². The van der Waals surface area contributed by atoms with Gasteiger partial charge in [0.15, 0.2) is 11.6 Å². The van der Waals surface area contributed by atoms with Crippen LogP contribution in [0.25, 0.3) is 0 Å². The molecule has 0 aliphatic rings. The fourth-order valence-electron chi connectivity index (χ4n) is 1.65. The van der Waals surface area contributed by atoms with Gasteiger partial charge < -0.3 is 5.32 Å². The van der Waals surface area contributed by atoms with Crippen LogP contribution in [-0.4, -0.2) is 0 Å². The van der Waals surface area contributed by atoms with Gasteiger partial charge in [-0.1, -0.05) is 12.1 Å². The fourth-order valence-corrected chi connectivity index (χ4v) is 2.32. The summed E-state index contributed by atoms with van der Waals surface area (Å²) in [6, 6.07) is 9.87. The fraction of sp³-hybridized carbons (Fsp3) is 0.143. The Hall–Kier alpha value is -0.780. The number of hydrogen-bond donors (Lipinski definition) is 1. The van der Waals surface area contributed by atoms with Crippen molar-refractivity contribution in [2.45, 2.75) is 13.1 Å². The largest absolute Gasteiger partial charge is 0.309 e. The maximum absolute atomic E-state index is 13.0. The molecule has 0 bridgehead atoms. The van der Waals surface area contributed by atoms with Crippen LogP contribution in [0.1, 0.15) is 11.1 Å². The van der Waals surface area contributed by atoms with E-state index in [1.165, 1.54) is 6.07 Å². The molecule has 0 atom stereocenters. The zero-order valence-corrected chi connectivity index (χ0v) is 13.1. The molecule has 1 nitrogen and oxygen atoms in total. The second-order valence-corrected chi connectivity index (χ2v) is 5.81. The molecule has 0 radical (unpaired) electrons. The summed E-state index contributed by atoms with van der Waals surface area (Å²) in [7, 11) is 0. The summed E-state index contributed by atoms with van der Waals surface area (Å²) in [4.78, 5) is 0. The second-order valence-electron chi connectivity index (χ2n) is 4.10. The van der Waals surface area contributed by atoms with Gasteiger partial charge in [-0.3, -0.25) is 0 Å². The standard InChI is InChI=1S/C14H11Br2F2N/c15-11-3-1-9(5-12(11)16)7-19-8-10-2-4-13(17)14(18)6-10/h1-6,19H,7-8H2. The molecule has 0 unspecified atom stereocenters. The highest BCUT2D eigenvalue weighted by Gasteiger charge is 2.03. The quantitative estimate of drug-likeness (QED) is 0.792. The predicted molar refractivity (Wildman–Crippen MR) is 78.7 cm³/mol. The van der Waals surface area contributed by atoms with Gasteiger partial charge in [-0.2, -0.15) is 0 Å². The van der Waals surface area contributed by atoms with Crippen LogP contribution < -0.4 is 5.32 Å². The van der Waals surface area contributed by atoms with Gasteiger partial charge in [-0.15, -0.1) is 0 Å². The lowest BCUT2D eigenvalue weighted by Crippen LogP contribution is -2.12. The number of rotatable bonds is 4. The van der Waals surface area contributed by atoms with Crippen LogP contribution in [0.5, 0.6) is 0 Å². The Bertz CT molecular complexity index is 536. The molecule has 0 saturated carbocycles. The Morgan fingerprint density at radius 3 is 2.05 bits per heavy atom. The average molecular weight is 391 g/mol. The van der Waals surface area contributed by atoms with Crippen molar-refractivity contribution in [2.75, 3.05) is 0 Å². The van der Waals surface area contributed by atoms with Crippen molar-refractivity contribution in [1.29, 1.82) is 0 Å². The minimum atomic E-state index is -0.819. The first-order chi connectivity index (χ1) is 9.06. The number of benzene rings is 2. The topological polar surface area (TPSA) is 12.0 Å². The molecule has 19 heavy (non-hydrogen) atoms. The van der Waals surface area contributed by atoms with E-state index in [0.29, 0.717) is 13.1 Å². The molecule has 0 heterocycles.